The van der Waals surface area contributed by atoms with E-state index in [9.17, 15) is 9.59 Å². The van der Waals surface area contributed by atoms with Crippen molar-refractivity contribution in [2.45, 2.75) is 38.3 Å². The molecule has 0 saturated carbocycles. The molecule has 0 bridgehead atoms. The summed E-state index contributed by atoms with van der Waals surface area (Å²) in [6, 6.07) is -0.444. The number of likely N-dealkylation sites (tertiary alicyclic amines) is 1. The van der Waals surface area contributed by atoms with Crippen LogP contribution < -0.4 is 5.73 Å². The highest BCUT2D eigenvalue weighted by atomic mass is 16.2. The van der Waals surface area contributed by atoms with Crippen LogP contribution in [-0.2, 0) is 22.6 Å². The fraction of sp³-hybridized carbons (Fsp3) is 0.600. The summed E-state index contributed by atoms with van der Waals surface area (Å²) in [6.45, 7) is 2.39. The molecule has 1 fully saturated rings. The quantitative estimate of drug-likeness (QED) is 0.827. The molecule has 1 aromatic heterocycles. The summed E-state index contributed by atoms with van der Waals surface area (Å²) in [7, 11) is 0. The molecule has 0 aliphatic carbocycles. The normalized spacial score (nSPS) is 22.2. The van der Waals surface area contributed by atoms with Crippen molar-refractivity contribution in [1.29, 1.82) is 0 Å². The summed E-state index contributed by atoms with van der Waals surface area (Å²) in [5.74, 6) is -0.411. The standard InChI is InChI=1S/C15H21N5O2/c16-15(22)13-3-1-2-5-20(13)14(21)9-19-6-4-11-7-17-10-18-12(11)8-19/h7,10,13H,1-6,8-9H2,(H2,16,22). The second-order valence-corrected chi connectivity index (χ2v) is 5.96. The third-order valence-corrected chi connectivity index (χ3v) is 4.46. The number of carbonyl (C=O) groups excluding carboxylic acids is 2. The maximum atomic E-state index is 12.5. The predicted octanol–water partition coefficient (Wildman–Crippen LogP) is -0.299. The molecule has 118 valence electrons. The van der Waals surface area contributed by atoms with Crippen molar-refractivity contribution in [1.82, 2.24) is 19.8 Å². The van der Waals surface area contributed by atoms with Crippen LogP contribution in [0.3, 0.4) is 0 Å². The summed E-state index contributed by atoms with van der Waals surface area (Å²) < 4.78 is 0. The van der Waals surface area contributed by atoms with Crippen LogP contribution >= 0.6 is 0 Å². The molecule has 2 amide bonds. The third kappa shape index (κ3) is 3.09. The largest absolute Gasteiger partial charge is 0.368 e. The molecule has 0 spiro atoms. The number of carbonyl (C=O) groups is 2. The summed E-state index contributed by atoms with van der Waals surface area (Å²) >= 11 is 0. The van der Waals surface area contributed by atoms with E-state index in [0.717, 1.165) is 37.1 Å². The maximum Gasteiger partial charge on any atom is 0.240 e. The maximum absolute atomic E-state index is 12.5. The van der Waals surface area contributed by atoms with Gasteiger partial charge in [0.1, 0.15) is 12.4 Å². The fourth-order valence-corrected chi connectivity index (χ4v) is 3.25. The molecule has 0 aromatic carbocycles. The number of piperidine rings is 1. The lowest BCUT2D eigenvalue weighted by Crippen LogP contribution is -2.53. The second kappa shape index (κ2) is 6.39. The van der Waals surface area contributed by atoms with Crippen LogP contribution in [0.4, 0.5) is 0 Å². The van der Waals surface area contributed by atoms with Gasteiger partial charge in [-0.25, -0.2) is 9.97 Å². The van der Waals surface area contributed by atoms with E-state index >= 15 is 0 Å². The monoisotopic (exact) mass is 303 g/mol. The summed E-state index contributed by atoms with van der Waals surface area (Å²) in [4.78, 5) is 36.1. The van der Waals surface area contributed by atoms with Gasteiger partial charge in [-0.1, -0.05) is 0 Å². The lowest BCUT2D eigenvalue weighted by Gasteiger charge is -2.36. The summed E-state index contributed by atoms with van der Waals surface area (Å²) in [5.41, 5.74) is 7.57. The smallest absolute Gasteiger partial charge is 0.240 e. The van der Waals surface area contributed by atoms with Crippen LogP contribution in [0, 0.1) is 0 Å². The Labute approximate surface area is 129 Å². The van der Waals surface area contributed by atoms with E-state index in [0.29, 0.717) is 26.1 Å². The van der Waals surface area contributed by atoms with E-state index in [4.69, 9.17) is 5.73 Å². The average molecular weight is 303 g/mol. The Balaban J connectivity index is 1.63. The zero-order chi connectivity index (χ0) is 15.5. The van der Waals surface area contributed by atoms with E-state index in [2.05, 4.69) is 14.9 Å². The van der Waals surface area contributed by atoms with Crippen molar-refractivity contribution in [2.24, 2.45) is 5.73 Å². The first-order valence-corrected chi connectivity index (χ1v) is 7.74. The number of primary amides is 1. The van der Waals surface area contributed by atoms with Gasteiger partial charge < -0.3 is 10.6 Å². The molecule has 22 heavy (non-hydrogen) atoms. The van der Waals surface area contributed by atoms with Gasteiger partial charge in [-0.3, -0.25) is 14.5 Å². The van der Waals surface area contributed by atoms with Gasteiger partial charge in [0.2, 0.25) is 11.8 Å². The Morgan fingerprint density at radius 2 is 2.18 bits per heavy atom. The topological polar surface area (TPSA) is 92.4 Å². The Bertz CT molecular complexity index is 577. The van der Waals surface area contributed by atoms with E-state index in [1.165, 1.54) is 6.33 Å². The molecule has 1 atom stereocenters. The van der Waals surface area contributed by atoms with E-state index in [1.54, 1.807) is 4.90 Å². The molecule has 2 aliphatic heterocycles. The third-order valence-electron chi connectivity index (χ3n) is 4.46. The highest BCUT2D eigenvalue weighted by Crippen LogP contribution is 2.19. The molecule has 2 aliphatic rings. The average Bonchev–Trinajstić information content (AvgIpc) is 2.54. The molecular formula is C15H21N5O2. The Morgan fingerprint density at radius 3 is 3.00 bits per heavy atom. The molecule has 7 nitrogen and oxygen atoms in total. The molecule has 2 N–H and O–H groups in total. The molecule has 0 radical (unpaired) electrons. The number of rotatable bonds is 3. The van der Waals surface area contributed by atoms with Gasteiger partial charge in [-0.15, -0.1) is 0 Å². The minimum Gasteiger partial charge on any atom is -0.368 e. The number of nitrogens with two attached hydrogens (primary N) is 1. The summed E-state index contributed by atoms with van der Waals surface area (Å²) in [6.07, 6.45) is 6.80. The van der Waals surface area contributed by atoms with Crippen LogP contribution in [0.15, 0.2) is 12.5 Å². The van der Waals surface area contributed by atoms with Crippen LogP contribution in [0.5, 0.6) is 0 Å². The van der Waals surface area contributed by atoms with Gasteiger partial charge in [-0.05, 0) is 31.2 Å². The fourth-order valence-electron chi connectivity index (χ4n) is 3.25. The molecule has 3 heterocycles. The SMILES string of the molecule is NC(=O)C1CCCCN1C(=O)CN1CCc2cncnc2C1. The Hall–Kier alpha value is -2.02. The van der Waals surface area contributed by atoms with Gasteiger partial charge in [0.25, 0.3) is 0 Å². The van der Waals surface area contributed by atoms with Gasteiger partial charge in [0.05, 0.1) is 12.2 Å². The molecule has 1 unspecified atom stereocenters. The van der Waals surface area contributed by atoms with Gasteiger partial charge in [0.15, 0.2) is 0 Å². The Kier molecular flexibility index (Phi) is 4.33. The molecule has 7 heteroatoms. The van der Waals surface area contributed by atoms with Crippen LogP contribution in [0.1, 0.15) is 30.5 Å². The van der Waals surface area contributed by atoms with E-state index in [1.807, 2.05) is 6.20 Å². The van der Waals surface area contributed by atoms with Crippen LogP contribution in [0.2, 0.25) is 0 Å². The molecular weight excluding hydrogens is 282 g/mol. The number of hydrogen-bond donors (Lipinski definition) is 1. The number of fused-ring (bicyclic) bond motifs is 1. The van der Waals surface area contributed by atoms with Crippen molar-refractivity contribution in [3.8, 4) is 0 Å². The molecule has 3 rings (SSSR count). The predicted molar refractivity (Wildman–Crippen MR) is 79.6 cm³/mol. The minimum atomic E-state index is -0.444. The number of hydrogen-bond acceptors (Lipinski definition) is 5. The number of amides is 2. The molecule has 1 aromatic rings. The minimum absolute atomic E-state index is 0.0130. The Morgan fingerprint density at radius 1 is 1.32 bits per heavy atom. The van der Waals surface area contributed by atoms with Crippen molar-refractivity contribution < 1.29 is 9.59 Å². The highest BCUT2D eigenvalue weighted by molar-refractivity contribution is 5.87. The van der Waals surface area contributed by atoms with E-state index in [-0.39, 0.29) is 5.91 Å². The van der Waals surface area contributed by atoms with Crippen LogP contribution in [-0.4, -0.2) is 57.3 Å². The first kappa shape index (κ1) is 14.9. The number of nitrogens with zero attached hydrogens (tertiary/aromatic N) is 4. The second-order valence-electron chi connectivity index (χ2n) is 5.96. The molecule has 1 saturated heterocycles. The van der Waals surface area contributed by atoms with Gasteiger partial charge in [-0.2, -0.15) is 0 Å². The highest BCUT2D eigenvalue weighted by Gasteiger charge is 2.31. The van der Waals surface area contributed by atoms with Crippen molar-refractivity contribution in [3.63, 3.8) is 0 Å². The number of aromatic nitrogens is 2. The first-order valence-electron chi connectivity index (χ1n) is 7.74. The lowest BCUT2D eigenvalue weighted by molar-refractivity contribution is -0.142. The van der Waals surface area contributed by atoms with Crippen LogP contribution in [0.25, 0.3) is 0 Å². The zero-order valence-electron chi connectivity index (χ0n) is 12.6. The van der Waals surface area contributed by atoms with E-state index < -0.39 is 11.9 Å². The first-order chi connectivity index (χ1) is 10.6. The van der Waals surface area contributed by atoms with Crippen molar-refractivity contribution >= 4 is 11.8 Å². The summed E-state index contributed by atoms with van der Waals surface area (Å²) in [5, 5.41) is 0. The van der Waals surface area contributed by atoms with Crippen molar-refractivity contribution in [2.75, 3.05) is 19.6 Å². The van der Waals surface area contributed by atoms with Gasteiger partial charge >= 0.3 is 0 Å². The lowest BCUT2D eigenvalue weighted by atomic mass is 10.0. The van der Waals surface area contributed by atoms with Gasteiger partial charge in [0, 0.05) is 25.8 Å². The zero-order valence-corrected chi connectivity index (χ0v) is 12.6. The van der Waals surface area contributed by atoms with Crippen molar-refractivity contribution in [3.05, 3.63) is 23.8 Å².